The predicted molar refractivity (Wildman–Crippen MR) is 471 cm³/mol. The average Bonchev–Trinajstić information content (AvgIpc) is 1.64. The molecule has 3 aliphatic rings. The molecule has 9 heterocycles. The number of likely N-dealkylation sites (tertiary alicyclic amines) is 3. The summed E-state index contributed by atoms with van der Waals surface area (Å²) in [6, 6.07) is 28.2. The Morgan fingerprint density at radius 1 is 0.410 bits per heavy atom. The lowest BCUT2D eigenvalue weighted by molar-refractivity contribution is 0.0720. The fourth-order valence-corrected chi connectivity index (χ4v) is 16.5. The first-order valence-corrected chi connectivity index (χ1v) is 44.5. The first-order chi connectivity index (χ1) is 56.5. The van der Waals surface area contributed by atoms with E-state index in [0.29, 0.717) is 151 Å². The molecular formula is C92H135N21O4. The van der Waals surface area contributed by atoms with Gasteiger partial charge in [0.2, 0.25) is 41.2 Å². The van der Waals surface area contributed by atoms with Gasteiger partial charge in [-0.3, -0.25) is 37.9 Å². The number of amides is 3. The van der Waals surface area contributed by atoms with E-state index in [0.717, 1.165) is 159 Å². The molecule has 0 saturated carbocycles. The maximum atomic E-state index is 14.8. The van der Waals surface area contributed by atoms with Gasteiger partial charge in [0.1, 0.15) is 11.0 Å². The van der Waals surface area contributed by atoms with E-state index in [-0.39, 0.29) is 53.2 Å². The van der Waals surface area contributed by atoms with Crippen LogP contribution in [0, 0.1) is 42.4 Å². The maximum absolute atomic E-state index is 14.8. The van der Waals surface area contributed by atoms with Crippen LogP contribution in [0.25, 0.3) is 33.5 Å². The second-order valence-electron chi connectivity index (χ2n) is 35.7. The number of benzene rings is 3. The normalized spacial score (nSPS) is 16.0. The molecule has 2 unspecified atom stereocenters. The number of imidazole rings is 3. The van der Waals surface area contributed by atoms with Crippen molar-refractivity contribution in [2.24, 2.45) is 35.5 Å². The molecule has 25 heteroatoms. The number of hydrogen-bond acceptors (Lipinski definition) is 19. The quantitative estimate of drug-likeness (QED) is 0.0322. The van der Waals surface area contributed by atoms with E-state index in [2.05, 4.69) is 181 Å². The third-order valence-corrected chi connectivity index (χ3v) is 23.6. The second kappa shape index (κ2) is 42.0. The Hall–Kier alpha value is -9.20. The molecule has 2 atom stereocenters. The van der Waals surface area contributed by atoms with Crippen molar-refractivity contribution >= 4 is 86.1 Å². The Bertz CT molecular complexity index is 4620. The number of para-hydroxylation sites is 1. The third kappa shape index (κ3) is 23.4. The highest BCUT2D eigenvalue weighted by Gasteiger charge is 2.32. The Kier molecular flexibility index (Phi) is 31.2. The largest absolute Gasteiger partial charge is 0.479 e. The molecule has 3 amide bonds. The number of rotatable bonds is 42. The van der Waals surface area contributed by atoms with E-state index in [4.69, 9.17) is 44.6 Å². The van der Waals surface area contributed by atoms with Gasteiger partial charge in [-0.05, 0) is 219 Å². The number of anilines is 6. The lowest BCUT2D eigenvalue weighted by Gasteiger charge is -2.36. The summed E-state index contributed by atoms with van der Waals surface area (Å²) in [4.78, 5) is 102. The molecule has 3 fully saturated rings. The highest BCUT2D eigenvalue weighted by molar-refractivity contribution is 5.95. The fourth-order valence-electron chi connectivity index (χ4n) is 16.5. The van der Waals surface area contributed by atoms with Gasteiger partial charge in [-0.1, -0.05) is 145 Å². The van der Waals surface area contributed by atoms with Gasteiger partial charge < -0.3 is 40.3 Å². The Balaban J connectivity index is 0.777. The topological polar surface area (TPSA) is 247 Å². The smallest absolute Gasteiger partial charge is 0.291 e. The van der Waals surface area contributed by atoms with Gasteiger partial charge in [0, 0.05) is 101 Å². The molecule has 3 aromatic carbocycles. The SMILES string of the molecule is COc1nc(C(=O)N(CCC(C)C)CCC(C)C)nc2c1nc(Nc1ccc(C3CCCCN3CCCn3c(Nc4ccccc4)nc4cnc(C(=O)N(CCC(C)C)CCC(C)C)nc43)cc1)n2CCCN1CCCCC1c1ccc(Nc2nc3c(C)nc(C(=O)N(CCC(C)C)CCC(C)C)nc3n2CCCN2CCCCC2)cc1. The van der Waals surface area contributed by atoms with Gasteiger partial charge >= 0.3 is 0 Å². The highest BCUT2D eigenvalue weighted by atomic mass is 16.5. The van der Waals surface area contributed by atoms with E-state index in [9.17, 15) is 14.4 Å². The number of ether oxygens (including phenoxy) is 1. The highest BCUT2D eigenvalue weighted by Crippen LogP contribution is 2.37. The summed E-state index contributed by atoms with van der Waals surface area (Å²) in [6.07, 6.45) is 19.9. The van der Waals surface area contributed by atoms with Gasteiger partial charge in [0.15, 0.2) is 22.5 Å². The van der Waals surface area contributed by atoms with Crippen LogP contribution in [0.15, 0.2) is 85.1 Å². The molecule has 9 aromatic rings. The maximum Gasteiger partial charge on any atom is 0.291 e. The summed E-state index contributed by atoms with van der Waals surface area (Å²) in [5, 5.41) is 11.0. The number of aryl methyl sites for hydroxylation is 4. The van der Waals surface area contributed by atoms with Gasteiger partial charge in [-0.15, -0.1) is 0 Å². The van der Waals surface area contributed by atoms with Crippen molar-refractivity contribution in [1.29, 1.82) is 0 Å². The van der Waals surface area contributed by atoms with Crippen LogP contribution < -0.4 is 20.7 Å². The second-order valence-corrected chi connectivity index (χ2v) is 35.7. The number of carbonyl (C=O) groups excluding carboxylic acids is 3. The van der Waals surface area contributed by atoms with Crippen LogP contribution in [-0.2, 0) is 19.6 Å². The lowest BCUT2D eigenvalue weighted by atomic mass is 9.95. The number of nitrogens with one attached hydrogen (secondary N) is 3. The Labute approximate surface area is 695 Å². The number of methoxy groups -OCH3 is 1. The van der Waals surface area contributed by atoms with Crippen molar-refractivity contribution in [3.8, 4) is 5.88 Å². The molecule has 3 aliphatic heterocycles. The van der Waals surface area contributed by atoms with E-state index in [1.807, 2.05) is 52.0 Å². The van der Waals surface area contributed by atoms with Gasteiger partial charge in [0.05, 0.1) is 19.0 Å². The van der Waals surface area contributed by atoms with Crippen LogP contribution in [-0.4, -0.2) is 198 Å². The van der Waals surface area contributed by atoms with Crippen LogP contribution in [0.1, 0.15) is 259 Å². The average molecular weight is 1600 g/mol. The zero-order chi connectivity index (χ0) is 82.7. The van der Waals surface area contributed by atoms with Crippen LogP contribution in [0.2, 0.25) is 0 Å². The summed E-state index contributed by atoms with van der Waals surface area (Å²) in [5.41, 5.74) is 9.66. The summed E-state index contributed by atoms with van der Waals surface area (Å²) in [7, 11) is 1.60. The molecule has 0 radical (unpaired) electrons. The summed E-state index contributed by atoms with van der Waals surface area (Å²) >= 11 is 0. The number of aromatic nitrogens is 12. The summed E-state index contributed by atoms with van der Waals surface area (Å²) in [6.45, 7) is 40.9. The van der Waals surface area contributed by atoms with Gasteiger partial charge in [-0.25, -0.2) is 39.9 Å². The van der Waals surface area contributed by atoms with Crippen molar-refractivity contribution < 1.29 is 19.1 Å². The molecule has 632 valence electrons. The van der Waals surface area contributed by atoms with E-state index in [1.165, 1.54) is 30.4 Å². The minimum absolute atomic E-state index is 0.107. The molecule has 3 saturated heterocycles. The molecule has 6 aromatic heterocycles. The fraction of sp³-hybridized carbons (Fsp3) is 0.609. The van der Waals surface area contributed by atoms with Crippen LogP contribution in [0.4, 0.5) is 34.9 Å². The summed E-state index contributed by atoms with van der Waals surface area (Å²) < 4.78 is 12.5. The van der Waals surface area contributed by atoms with Gasteiger partial charge in [0.25, 0.3) is 17.7 Å². The third-order valence-electron chi connectivity index (χ3n) is 23.6. The molecule has 0 spiro atoms. The number of carbonyl (C=O) groups is 3. The molecular weight excluding hydrogens is 1460 g/mol. The Morgan fingerprint density at radius 3 is 1.25 bits per heavy atom. The van der Waals surface area contributed by atoms with Gasteiger partial charge in [-0.2, -0.15) is 4.98 Å². The van der Waals surface area contributed by atoms with E-state index >= 15 is 0 Å². The molecule has 0 aliphatic carbocycles. The van der Waals surface area contributed by atoms with E-state index < -0.39 is 0 Å². The predicted octanol–water partition coefficient (Wildman–Crippen LogP) is 18.4. The number of fused-ring (bicyclic) bond motifs is 3. The standard InChI is InChI=1S/C92H135N21O4/c1-63(2)40-56-108(57-41-64(3)4)87(114)80-93-62-75-83(101-80)111(90(98-75)95-72-28-17-15-18-29-72)54-26-51-106-49-23-19-30-76(106)71-34-38-74(39-35-71)97-92-100-79-85(103-82(104-86(79)117-14)89(116)110(60-44-67(9)10)61-45-68(11)12)113(92)55-27-52-107-50-24-20-31-77(107)70-32-36-73(37-33-70)96-91-99-78-69(13)94-81(88(115)109(58-42-65(5)6)59-43-66(7)8)102-84(78)112(91)53-25-48-105-46-21-16-22-47-105/h15,17-18,28-29,32-39,62-68,76-77H,16,19-27,30-31,40-61H2,1-14H3,(H,95,98)(H,96,99)(H,97,100). The molecule has 25 nitrogen and oxygen atoms in total. The number of nitrogens with zero attached hydrogens (tertiary/aromatic N) is 18. The zero-order valence-corrected chi connectivity index (χ0v) is 72.9. The number of piperidine rings is 3. The number of hydrogen-bond donors (Lipinski definition) is 3. The molecule has 117 heavy (non-hydrogen) atoms. The zero-order valence-electron chi connectivity index (χ0n) is 72.9. The van der Waals surface area contributed by atoms with Crippen LogP contribution in [0.3, 0.4) is 0 Å². The first-order valence-electron chi connectivity index (χ1n) is 44.5. The monoisotopic (exact) mass is 1600 g/mol. The lowest BCUT2D eigenvalue weighted by Crippen LogP contribution is -2.35. The molecule has 0 bridgehead atoms. The first kappa shape index (κ1) is 87.1. The Morgan fingerprint density at radius 2 is 0.795 bits per heavy atom. The van der Waals surface area contributed by atoms with E-state index in [1.54, 1.807) is 13.3 Å². The van der Waals surface area contributed by atoms with Crippen LogP contribution >= 0.6 is 0 Å². The summed E-state index contributed by atoms with van der Waals surface area (Å²) in [5.74, 6) is 4.97. The minimum Gasteiger partial charge on any atom is -0.479 e. The molecule has 3 N–H and O–H groups in total. The minimum atomic E-state index is -0.207. The van der Waals surface area contributed by atoms with Crippen molar-refractivity contribution in [3.05, 3.63) is 119 Å². The van der Waals surface area contributed by atoms with Crippen molar-refractivity contribution in [2.45, 2.75) is 237 Å². The van der Waals surface area contributed by atoms with Crippen molar-refractivity contribution in [2.75, 3.05) is 108 Å². The molecule has 12 rings (SSSR count). The van der Waals surface area contributed by atoms with Crippen LogP contribution in [0.5, 0.6) is 5.88 Å². The van der Waals surface area contributed by atoms with Crippen molar-refractivity contribution in [3.63, 3.8) is 0 Å². The van der Waals surface area contributed by atoms with Crippen molar-refractivity contribution in [1.82, 2.24) is 88.0 Å².